The van der Waals surface area contributed by atoms with Gasteiger partial charge in [-0.05, 0) is 12.5 Å². The van der Waals surface area contributed by atoms with Gasteiger partial charge < -0.3 is 5.73 Å². The lowest BCUT2D eigenvalue weighted by Gasteiger charge is -1.98. The first kappa shape index (κ1) is 7.28. The average Bonchev–Trinajstić information content (AvgIpc) is 1.94. The van der Waals surface area contributed by atoms with Crippen LogP contribution in [-0.4, -0.2) is 9.97 Å². The Morgan fingerprint density at radius 1 is 1.70 bits per heavy atom. The molecule has 1 aromatic heterocycles. The SMILES string of the molecule is Cc1cnc(N)nc1CCl. The van der Waals surface area contributed by atoms with Crippen molar-refractivity contribution in [2.45, 2.75) is 12.8 Å². The summed E-state index contributed by atoms with van der Waals surface area (Å²) in [6, 6.07) is 0. The molecule has 0 saturated carbocycles. The highest BCUT2D eigenvalue weighted by Crippen LogP contribution is 2.06. The van der Waals surface area contributed by atoms with Crippen molar-refractivity contribution in [3.63, 3.8) is 0 Å². The third-order valence-electron chi connectivity index (χ3n) is 1.22. The Hall–Kier alpha value is -0.830. The number of rotatable bonds is 1. The highest BCUT2D eigenvalue weighted by atomic mass is 35.5. The van der Waals surface area contributed by atoms with Gasteiger partial charge in [-0.25, -0.2) is 9.97 Å². The van der Waals surface area contributed by atoms with Gasteiger partial charge in [0.2, 0.25) is 5.95 Å². The third kappa shape index (κ3) is 1.36. The van der Waals surface area contributed by atoms with Gasteiger partial charge in [0.15, 0.2) is 0 Å². The molecule has 1 heterocycles. The van der Waals surface area contributed by atoms with E-state index in [1.54, 1.807) is 6.20 Å². The second-order valence-electron chi connectivity index (χ2n) is 1.99. The Labute approximate surface area is 64.2 Å². The first-order chi connectivity index (χ1) is 4.74. The second-order valence-corrected chi connectivity index (χ2v) is 2.26. The lowest BCUT2D eigenvalue weighted by molar-refractivity contribution is 1.06. The number of halogens is 1. The first-order valence-corrected chi connectivity index (χ1v) is 3.41. The molecule has 0 amide bonds. The maximum Gasteiger partial charge on any atom is 0.220 e. The number of hydrogen-bond acceptors (Lipinski definition) is 3. The van der Waals surface area contributed by atoms with E-state index in [0.717, 1.165) is 11.3 Å². The van der Waals surface area contributed by atoms with E-state index in [2.05, 4.69) is 9.97 Å². The highest BCUT2D eigenvalue weighted by Gasteiger charge is 1.98. The summed E-state index contributed by atoms with van der Waals surface area (Å²) >= 11 is 5.56. The van der Waals surface area contributed by atoms with Gasteiger partial charge in [0, 0.05) is 6.20 Å². The van der Waals surface area contributed by atoms with Crippen molar-refractivity contribution in [1.82, 2.24) is 9.97 Å². The van der Waals surface area contributed by atoms with Crippen LogP contribution in [0.15, 0.2) is 6.20 Å². The largest absolute Gasteiger partial charge is 0.368 e. The molecule has 2 N–H and O–H groups in total. The van der Waals surface area contributed by atoms with E-state index in [9.17, 15) is 0 Å². The van der Waals surface area contributed by atoms with Gasteiger partial charge in [0.25, 0.3) is 0 Å². The molecule has 54 valence electrons. The molecule has 0 bridgehead atoms. The molecule has 10 heavy (non-hydrogen) atoms. The van der Waals surface area contributed by atoms with Crippen LogP contribution in [-0.2, 0) is 5.88 Å². The molecule has 0 radical (unpaired) electrons. The topological polar surface area (TPSA) is 51.8 Å². The lowest BCUT2D eigenvalue weighted by Crippen LogP contribution is -1.99. The lowest BCUT2D eigenvalue weighted by atomic mass is 10.3. The van der Waals surface area contributed by atoms with Crippen molar-refractivity contribution in [2.24, 2.45) is 0 Å². The number of nitrogens with two attached hydrogens (primary N) is 1. The molecule has 0 spiro atoms. The average molecular weight is 158 g/mol. The molecule has 0 aliphatic rings. The molecule has 4 heteroatoms. The van der Waals surface area contributed by atoms with E-state index >= 15 is 0 Å². The summed E-state index contributed by atoms with van der Waals surface area (Å²) in [5.74, 6) is 0.666. The summed E-state index contributed by atoms with van der Waals surface area (Å²) in [4.78, 5) is 7.72. The van der Waals surface area contributed by atoms with Gasteiger partial charge in [-0.15, -0.1) is 11.6 Å². The van der Waals surface area contributed by atoms with Crippen molar-refractivity contribution < 1.29 is 0 Å². The van der Waals surface area contributed by atoms with E-state index in [4.69, 9.17) is 17.3 Å². The fourth-order valence-corrected chi connectivity index (χ4v) is 0.899. The number of nitrogen functional groups attached to an aromatic ring is 1. The first-order valence-electron chi connectivity index (χ1n) is 2.88. The van der Waals surface area contributed by atoms with Gasteiger partial charge >= 0.3 is 0 Å². The van der Waals surface area contributed by atoms with E-state index in [1.807, 2.05) is 6.92 Å². The smallest absolute Gasteiger partial charge is 0.220 e. The zero-order valence-corrected chi connectivity index (χ0v) is 6.39. The maximum atomic E-state index is 5.56. The molecule has 0 saturated heterocycles. The summed E-state index contributed by atoms with van der Waals surface area (Å²) in [6.07, 6.45) is 1.67. The van der Waals surface area contributed by atoms with Gasteiger partial charge in [-0.1, -0.05) is 0 Å². The number of nitrogens with zero attached hydrogens (tertiary/aromatic N) is 2. The molecular formula is C6H8ClN3. The summed E-state index contributed by atoms with van der Waals surface area (Å²) in [7, 11) is 0. The molecule has 1 aromatic rings. The molecule has 0 aliphatic heterocycles. The van der Waals surface area contributed by atoms with E-state index in [-0.39, 0.29) is 5.95 Å². The minimum atomic E-state index is 0.279. The van der Waals surface area contributed by atoms with Crippen LogP contribution in [0.4, 0.5) is 5.95 Å². The van der Waals surface area contributed by atoms with Gasteiger partial charge in [-0.2, -0.15) is 0 Å². The summed E-state index contributed by atoms with van der Waals surface area (Å²) in [6.45, 7) is 1.90. The van der Waals surface area contributed by atoms with Crippen LogP contribution in [0.2, 0.25) is 0 Å². The second kappa shape index (κ2) is 2.84. The van der Waals surface area contributed by atoms with Crippen molar-refractivity contribution in [3.8, 4) is 0 Å². The predicted octanol–water partition coefficient (Wildman–Crippen LogP) is 1.11. The Morgan fingerprint density at radius 3 is 2.90 bits per heavy atom. The number of anilines is 1. The van der Waals surface area contributed by atoms with Crippen LogP contribution in [0.25, 0.3) is 0 Å². The Morgan fingerprint density at radius 2 is 2.40 bits per heavy atom. The Balaban J connectivity index is 3.09. The van der Waals surface area contributed by atoms with Crippen molar-refractivity contribution in [1.29, 1.82) is 0 Å². The molecule has 0 atom stereocenters. The fraction of sp³-hybridized carbons (Fsp3) is 0.333. The van der Waals surface area contributed by atoms with Gasteiger partial charge in [0.1, 0.15) is 0 Å². The van der Waals surface area contributed by atoms with Crippen molar-refractivity contribution in [2.75, 3.05) is 5.73 Å². The van der Waals surface area contributed by atoms with Crippen molar-refractivity contribution >= 4 is 17.5 Å². The maximum absolute atomic E-state index is 5.56. The van der Waals surface area contributed by atoms with Gasteiger partial charge in [-0.3, -0.25) is 0 Å². The monoisotopic (exact) mass is 157 g/mol. The number of hydrogen-bond donors (Lipinski definition) is 1. The molecule has 0 aromatic carbocycles. The molecule has 1 rings (SSSR count). The number of alkyl halides is 1. The van der Waals surface area contributed by atoms with Gasteiger partial charge in [0.05, 0.1) is 11.6 Å². The van der Waals surface area contributed by atoms with Crippen LogP contribution in [0.5, 0.6) is 0 Å². The summed E-state index contributed by atoms with van der Waals surface area (Å²) in [5, 5.41) is 0. The van der Waals surface area contributed by atoms with Crippen LogP contribution in [0, 0.1) is 6.92 Å². The standard InChI is InChI=1S/C6H8ClN3/c1-4-3-9-6(8)10-5(4)2-7/h3H,2H2,1H3,(H2,8,9,10). The van der Waals surface area contributed by atoms with E-state index < -0.39 is 0 Å². The normalized spacial score (nSPS) is 9.80. The number of aryl methyl sites for hydroxylation is 1. The van der Waals surface area contributed by atoms with Crippen LogP contribution in [0.1, 0.15) is 11.3 Å². The number of aromatic nitrogens is 2. The summed E-state index contributed by atoms with van der Waals surface area (Å²) < 4.78 is 0. The van der Waals surface area contributed by atoms with E-state index in [1.165, 1.54) is 0 Å². The van der Waals surface area contributed by atoms with Crippen molar-refractivity contribution in [3.05, 3.63) is 17.5 Å². The van der Waals surface area contributed by atoms with Crippen LogP contribution >= 0.6 is 11.6 Å². The third-order valence-corrected chi connectivity index (χ3v) is 1.47. The molecule has 0 aliphatic carbocycles. The zero-order valence-electron chi connectivity index (χ0n) is 5.63. The van der Waals surface area contributed by atoms with Crippen LogP contribution < -0.4 is 5.73 Å². The zero-order chi connectivity index (χ0) is 7.56. The Bertz CT molecular complexity index is 236. The van der Waals surface area contributed by atoms with E-state index in [0.29, 0.717) is 5.88 Å². The molecule has 3 nitrogen and oxygen atoms in total. The molecule has 0 fully saturated rings. The highest BCUT2D eigenvalue weighted by molar-refractivity contribution is 6.17. The Kier molecular flexibility index (Phi) is 2.06. The molecular weight excluding hydrogens is 150 g/mol. The predicted molar refractivity (Wildman–Crippen MR) is 40.7 cm³/mol. The molecule has 0 unspecified atom stereocenters. The summed E-state index contributed by atoms with van der Waals surface area (Å²) in [5.41, 5.74) is 7.10. The fourth-order valence-electron chi connectivity index (χ4n) is 0.628. The van der Waals surface area contributed by atoms with Crippen LogP contribution in [0.3, 0.4) is 0 Å². The quantitative estimate of drug-likeness (QED) is 0.622. The minimum Gasteiger partial charge on any atom is -0.368 e. The minimum absolute atomic E-state index is 0.279.